The smallest absolute Gasteiger partial charge is 0.0692 e. The van der Waals surface area contributed by atoms with Crippen LogP contribution in [0.3, 0.4) is 0 Å². The summed E-state index contributed by atoms with van der Waals surface area (Å²) < 4.78 is 0. The number of hydrogen-bond acceptors (Lipinski definition) is 2. The highest BCUT2D eigenvalue weighted by molar-refractivity contribution is 4.82. The molecule has 2 nitrogen and oxygen atoms in total. The van der Waals surface area contributed by atoms with Gasteiger partial charge in [0.25, 0.3) is 0 Å². The third-order valence-corrected chi connectivity index (χ3v) is 3.43. The Morgan fingerprint density at radius 2 is 1.85 bits per heavy atom. The number of hydrogen-bond donors (Lipinski definition) is 2. The Morgan fingerprint density at radius 1 is 1.15 bits per heavy atom. The molecule has 2 N–H and O–H groups in total. The Bertz CT molecular complexity index is 148. The SMILES string of the molecule is OC(CNCC1CCCC1)C1CC1. The molecule has 0 aromatic carbocycles. The highest BCUT2D eigenvalue weighted by atomic mass is 16.3. The quantitative estimate of drug-likeness (QED) is 0.677. The molecule has 0 saturated heterocycles. The van der Waals surface area contributed by atoms with E-state index in [4.69, 9.17) is 0 Å². The van der Waals surface area contributed by atoms with E-state index in [9.17, 15) is 5.11 Å². The molecule has 0 spiro atoms. The lowest BCUT2D eigenvalue weighted by atomic mass is 10.1. The van der Waals surface area contributed by atoms with Crippen LogP contribution in [-0.4, -0.2) is 24.3 Å². The van der Waals surface area contributed by atoms with E-state index in [2.05, 4.69) is 5.32 Å². The summed E-state index contributed by atoms with van der Waals surface area (Å²) in [4.78, 5) is 0. The zero-order valence-electron chi connectivity index (χ0n) is 8.34. The Hall–Kier alpha value is -0.0800. The summed E-state index contributed by atoms with van der Waals surface area (Å²) >= 11 is 0. The molecule has 2 rings (SSSR count). The van der Waals surface area contributed by atoms with Gasteiger partial charge in [-0.25, -0.2) is 0 Å². The maximum atomic E-state index is 9.60. The van der Waals surface area contributed by atoms with Gasteiger partial charge in [-0.2, -0.15) is 0 Å². The van der Waals surface area contributed by atoms with Gasteiger partial charge in [-0.1, -0.05) is 12.8 Å². The third kappa shape index (κ3) is 2.96. The molecule has 0 aromatic heterocycles. The Morgan fingerprint density at radius 3 is 2.46 bits per heavy atom. The van der Waals surface area contributed by atoms with Crippen LogP contribution in [0.25, 0.3) is 0 Å². The molecule has 0 bridgehead atoms. The van der Waals surface area contributed by atoms with Crippen LogP contribution in [0, 0.1) is 11.8 Å². The fourth-order valence-corrected chi connectivity index (χ4v) is 2.30. The van der Waals surface area contributed by atoms with Crippen molar-refractivity contribution in [1.29, 1.82) is 0 Å². The molecule has 2 fully saturated rings. The minimum absolute atomic E-state index is 0.0681. The first-order chi connectivity index (χ1) is 6.36. The summed E-state index contributed by atoms with van der Waals surface area (Å²) in [6.07, 6.45) is 8.04. The van der Waals surface area contributed by atoms with Crippen molar-refractivity contribution in [2.45, 2.75) is 44.6 Å². The highest BCUT2D eigenvalue weighted by Crippen LogP contribution is 2.32. The average molecular weight is 183 g/mol. The average Bonchev–Trinajstić information content (AvgIpc) is 2.86. The van der Waals surface area contributed by atoms with Crippen LogP contribution in [0.4, 0.5) is 0 Å². The van der Waals surface area contributed by atoms with Gasteiger partial charge >= 0.3 is 0 Å². The van der Waals surface area contributed by atoms with Crippen molar-refractivity contribution in [3.8, 4) is 0 Å². The van der Waals surface area contributed by atoms with E-state index >= 15 is 0 Å². The predicted octanol–water partition coefficient (Wildman–Crippen LogP) is 1.54. The van der Waals surface area contributed by atoms with Crippen molar-refractivity contribution >= 4 is 0 Å². The Balaban J connectivity index is 1.52. The molecule has 13 heavy (non-hydrogen) atoms. The molecule has 2 saturated carbocycles. The lowest BCUT2D eigenvalue weighted by Crippen LogP contribution is -2.31. The van der Waals surface area contributed by atoms with E-state index < -0.39 is 0 Å². The lowest BCUT2D eigenvalue weighted by molar-refractivity contribution is 0.147. The maximum Gasteiger partial charge on any atom is 0.0692 e. The largest absolute Gasteiger partial charge is 0.392 e. The van der Waals surface area contributed by atoms with Gasteiger partial charge in [-0.05, 0) is 44.1 Å². The monoisotopic (exact) mass is 183 g/mol. The van der Waals surface area contributed by atoms with Crippen LogP contribution in [0.5, 0.6) is 0 Å². The van der Waals surface area contributed by atoms with E-state index in [0.29, 0.717) is 5.92 Å². The molecule has 2 aliphatic rings. The summed E-state index contributed by atoms with van der Waals surface area (Å²) in [5, 5.41) is 13.0. The second-order valence-electron chi connectivity index (χ2n) is 4.71. The normalized spacial score (nSPS) is 26.5. The van der Waals surface area contributed by atoms with Crippen LogP contribution >= 0.6 is 0 Å². The van der Waals surface area contributed by atoms with Crippen LogP contribution in [0.15, 0.2) is 0 Å². The number of aliphatic hydroxyl groups excluding tert-OH is 1. The van der Waals surface area contributed by atoms with Gasteiger partial charge in [0.2, 0.25) is 0 Å². The van der Waals surface area contributed by atoms with Crippen molar-refractivity contribution in [2.75, 3.05) is 13.1 Å². The summed E-state index contributed by atoms with van der Waals surface area (Å²) in [7, 11) is 0. The first-order valence-electron chi connectivity index (χ1n) is 5.75. The van der Waals surface area contributed by atoms with E-state index in [1.165, 1.54) is 38.5 Å². The molecular formula is C11H21NO. The molecule has 0 aliphatic heterocycles. The van der Waals surface area contributed by atoms with Gasteiger partial charge in [-0.15, -0.1) is 0 Å². The van der Waals surface area contributed by atoms with Crippen molar-refractivity contribution in [1.82, 2.24) is 5.32 Å². The van der Waals surface area contributed by atoms with Gasteiger partial charge in [0, 0.05) is 6.54 Å². The van der Waals surface area contributed by atoms with Crippen molar-refractivity contribution < 1.29 is 5.11 Å². The lowest BCUT2D eigenvalue weighted by Gasteiger charge is -2.13. The van der Waals surface area contributed by atoms with Crippen molar-refractivity contribution in [3.05, 3.63) is 0 Å². The Kier molecular flexibility index (Phi) is 3.23. The molecule has 0 radical (unpaired) electrons. The van der Waals surface area contributed by atoms with Gasteiger partial charge in [0.15, 0.2) is 0 Å². The van der Waals surface area contributed by atoms with E-state index in [-0.39, 0.29) is 6.10 Å². The molecule has 0 aromatic rings. The minimum atomic E-state index is -0.0681. The minimum Gasteiger partial charge on any atom is -0.392 e. The molecule has 2 heteroatoms. The van der Waals surface area contributed by atoms with Crippen LogP contribution in [0.2, 0.25) is 0 Å². The standard InChI is InChI=1S/C11H21NO/c13-11(10-5-6-10)8-12-7-9-3-1-2-4-9/h9-13H,1-8H2. The summed E-state index contributed by atoms with van der Waals surface area (Å²) in [6, 6.07) is 0. The maximum absolute atomic E-state index is 9.60. The van der Waals surface area contributed by atoms with Gasteiger partial charge in [0.1, 0.15) is 0 Å². The fraction of sp³-hybridized carbons (Fsp3) is 1.00. The van der Waals surface area contributed by atoms with Gasteiger partial charge in [0.05, 0.1) is 6.10 Å². The van der Waals surface area contributed by atoms with E-state index in [0.717, 1.165) is 19.0 Å². The molecular weight excluding hydrogens is 162 g/mol. The Labute approximate surface area is 80.7 Å². The molecule has 0 heterocycles. The van der Waals surface area contributed by atoms with E-state index in [1.807, 2.05) is 0 Å². The van der Waals surface area contributed by atoms with Crippen LogP contribution in [-0.2, 0) is 0 Å². The first-order valence-corrected chi connectivity index (χ1v) is 5.75. The van der Waals surface area contributed by atoms with Crippen LogP contribution < -0.4 is 5.32 Å². The summed E-state index contributed by atoms with van der Waals surface area (Å²) in [5.74, 6) is 1.52. The van der Waals surface area contributed by atoms with Crippen molar-refractivity contribution in [3.63, 3.8) is 0 Å². The predicted molar refractivity (Wildman–Crippen MR) is 53.6 cm³/mol. The van der Waals surface area contributed by atoms with Crippen molar-refractivity contribution in [2.24, 2.45) is 11.8 Å². The second kappa shape index (κ2) is 4.43. The zero-order chi connectivity index (χ0) is 9.10. The van der Waals surface area contributed by atoms with E-state index in [1.54, 1.807) is 0 Å². The van der Waals surface area contributed by atoms with Gasteiger partial charge < -0.3 is 10.4 Å². The number of aliphatic hydroxyl groups is 1. The molecule has 1 unspecified atom stereocenters. The molecule has 0 amide bonds. The molecule has 76 valence electrons. The zero-order valence-corrected chi connectivity index (χ0v) is 8.34. The second-order valence-corrected chi connectivity index (χ2v) is 4.71. The summed E-state index contributed by atoms with van der Waals surface area (Å²) in [5.41, 5.74) is 0. The topological polar surface area (TPSA) is 32.3 Å². The summed E-state index contributed by atoms with van der Waals surface area (Å²) in [6.45, 7) is 1.95. The van der Waals surface area contributed by atoms with Crippen LogP contribution in [0.1, 0.15) is 38.5 Å². The fourth-order valence-electron chi connectivity index (χ4n) is 2.30. The third-order valence-electron chi connectivity index (χ3n) is 3.43. The molecule has 1 atom stereocenters. The number of rotatable bonds is 5. The first kappa shape index (κ1) is 9.47. The molecule has 2 aliphatic carbocycles. The van der Waals surface area contributed by atoms with Gasteiger partial charge in [-0.3, -0.25) is 0 Å². The highest BCUT2D eigenvalue weighted by Gasteiger charge is 2.29. The number of nitrogens with one attached hydrogen (secondary N) is 1.